The van der Waals surface area contributed by atoms with Crippen LogP contribution >= 0.6 is 0 Å². The second kappa shape index (κ2) is 8.90. The van der Waals surface area contributed by atoms with Crippen LogP contribution in [-0.4, -0.2) is 31.5 Å². The van der Waals surface area contributed by atoms with Crippen molar-refractivity contribution in [1.29, 1.82) is 0 Å². The number of hydrogen-bond donors (Lipinski definition) is 3. The fraction of sp³-hybridized carbons (Fsp3) is 0.429. The van der Waals surface area contributed by atoms with E-state index in [-0.39, 0.29) is 18.3 Å². The summed E-state index contributed by atoms with van der Waals surface area (Å²) in [6.45, 7) is 5.70. The van der Waals surface area contributed by atoms with Gasteiger partial charge in [-0.1, -0.05) is 12.1 Å². The van der Waals surface area contributed by atoms with E-state index < -0.39 is 0 Å². The van der Waals surface area contributed by atoms with Crippen molar-refractivity contribution < 1.29 is 9.18 Å². The molecule has 1 aromatic carbocycles. The molecule has 0 heterocycles. The van der Waals surface area contributed by atoms with Gasteiger partial charge in [0.25, 0.3) is 0 Å². The van der Waals surface area contributed by atoms with Gasteiger partial charge in [-0.15, -0.1) is 0 Å². The molecule has 0 radical (unpaired) electrons. The fourth-order valence-corrected chi connectivity index (χ4v) is 1.53. The quantitative estimate of drug-likeness (QED) is 0.538. The number of benzene rings is 1. The van der Waals surface area contributed by atoms with Gasteiger partial charge in [0.15, 0.2) is 5.96 Å². The van der Waals surface area contributed by atoms with Crippen LogP contribution in [0.3, 0.4) is 0 Å². The maximum Gasteiger partial charge on any atom is 0.239 e. The van der Waals surface area contributed by atoms with E-state index in [1.54, 1.807) is 12.1 Å². The molecule has 0 aromatic heterocycles. The molecule has 0 aliphatic carbocycles. The van der Waals surface area contributed by atoms with E-state index in [0.717, 1.165) is 5.56 Å². The van der Waals surface area contributed by atoms with Crippen molar-refractivity contribution in [3.63, 3.8) is 0 Å². The van der Waals surface area contributed by atoms with Crippen molar-refractivity contribution in [3.8, 4) is 0 Å². The lowest BCUT2D eigenvalue weighted by Gasteiger charge is -2.11. The van der Waals surface area contributed by atoms with Gasteiger partial charge in [0, 0.05) is 13.1 Å². The molecule has 0 aliphatic heterocycles. The van der Waals surface area contributed by atoms with E-state index in [0.29, 0.717) is 25.6 Å². The van der Waals surface area contributed by atoms with Crippen LogP contribution in [0.4, 0.5) is 4.39 Å². The van der Waals surface area contributed by atoms with Gasteiger partial charge in [-0.3, -0.25) is 4.79 Å². The Morgan fingerprint density at radius 2 is 1.75 bits per heavy atom. The van der Waals surface area contributed by atoms with E-state index in [2.05, 4.69) is 20.9 Å². The SMILES string of the molecule is CCNC(=O)CNC(=NCc1ccc(F)cc1)NCC. The number of likely N-dealkylation sites (N-methyl/N-ethyl adjacent to an activating group) is 1. The normalized spacial score (nSPS) is 11.1. The molecule has 20 heavy (non-hydrogen) atoms. The smallest absolute Gasteiger partial charge is 0.239 e. The van der Waals surface area contributed by atoms with Crippen LogP contribution in [0.1, 0.15) is 19.4 Å². The summed E-state index contributed by atoms with van der Waals surface area (Å²) in [6.07, 6.45) is 0. The molecule has 6 heteroatoms. The Bertz CT molecular complexity index is 445. The van der Waals surface area contributed by atoms with E-state index >= 15 is 0 Å². The third-order valence-corrected chi connectivity index (χ3v) is 2.47. The number of nitrogens with one attached hydrogen (secondary N) is 3. The van der Waals surface area contributed by atoms with Crippen LogP contribution in [0.5, 0.6) is 0 Å². The topological polar surface area (TPSA) is 65.5 Å². The number of nitrogens with zero attached hydrogens (tertiary/aromatic N) is 1. The molecule has 0 spiro atoms. The van der Waals surface area contributed by atoms with Crippen molar-refractivity contribution in [2.75, 3.05) is 19.6 Å². The maximum absolute atomic E-state index is 12.8. The molecule has 0 bridgehead atoms. The summed E-state index contributed by atoms with van der Waals surface area (Å²) < 4.78 is 12.8. The molecule has 0 fully saturated rings. The Morgan fingerprint density at radius 1 is 1.10 bits per heavy atom. The molecule has 3 N–H and O–H groups in total. The first-order valence-corrected chi connectivity index (χ1v) is 6.69. The largest absolute Gasteiger partial charge is 0.357 e. The van der Waals surface area contributed by atoms with E-state index in [1.165, 1.54) is 12.1 Å². The van der Waals surface area contributed by atoms with Gasteiger partial charge in [0.2, 0.25) is 5.91 Å². The minimum Gasteiger partial charge on any atom is -0.357 e. The molecule has 1 rings (SSSR count). The Morgan fingerprint density at radius 3 is 2.35 bits per heavy atom. The highest BCUT2D eigenvalue weighted by atomic mass is 19.1. The molecule has 0 saturated heterocycles. The average molecular weight is 280 g/mol. The first kappa shape index (κ1) is 15.9. The van der Waals surface area contributed by atoms with Gasteiger partial charge < -0.3 is 16.0 Å². The Labute approximate surface area is 118 Å². The van der Waals surface area contributed by atoms with Crippen molar-refractivity contribution in [2.45, 2.75) is 20.4 Å². The lowest BCUT2D eigenvalue weighted by Crippen LogP contribution is -2.43. The molecule has 1 aromatic rings. The molecule has 1 amide bonds. The van der Waals surface area contributed by atoms with Crippen LogP contribution in [0, 0.1) is 5.82 Å². The van der Waals surface area contributed by atoms with Gasteiger partial charge in [0.1, 0.15) is 5.82 Å². The molecule has 5 nitrogen and oxygen atoms in total. The standard InChI is InChI=1S/C14H21FN4O/c1-3-16-13(20)10-19-14(17-4-2)18-9-11-5-7-12(15)8-6-11/h5-8H,3-4,9-10H2,1-2H3,(H,16,20)(H2,17,18,19). The molecule has 0 atom stereocenters. The molecule has 0 saturated carbocycles. The van der Waals surface area contributed by atoms with Crippen molar-refractivity contribution in [2.24, 2.45) is 4.99 Å². The zero-order chi connectivity index (χ0) is 14.8. The molecule has 0 aliphatic rings. The lowest BCUT2D eigenvalue weighted by molar-refractivity contribution is -0.119. The molecule has 0 unspecified atom stereocenters. The number of halogens is 1. The Hall–Kier alpha value is -2.11. The van der Waals surface area contributed by atoms with E-state index in [9.17, 15) is 9.18 Å². The highest BCUT2D eigenvalue weighted by Crippen LogP contribution is 2.03. The van der Waals surface area contributed by atoms with Crippen LogP contribution in [0.15, 0.2) is 29.3 Å². The summed E-state index contributed by atoms with van der Waals surface area (Å²) in [5, 5.41) is 8.68. The summed E-state index contributed by atoms with van der Waals surface area (Å²) in [5.74, 6) is 0.210. The van der Waals surface area contributed by atoms with Gasteiger partial charge in [-0.25, -0.2) is 9.38 Å². The number of rotatable bonds is 6. The number of carbonyl (C=O) groups is 1. The number of amides is 1. The number of hydrogen-bond acceptors (Lipinski definition) is 2. The zero-order valence-electron chi connectivity index (χ0n) is 11.9. The van der Waals surface area contributed by atoms with Crippen molar-refractivity contribution in [3.05, 3.63) is 35.6 Å². The highest BCUT2D eigenvalue weighted by molar-refractivity contribution is 5.86. The fourth-order valence-electron chi connectivity index (χ4n) is 1.53. The molecular weight excluding hydrogens is 259 g/mol. The highest BCUT2D eigenvalue weighted by Gasteiger charge is 2.02. The monoisotopic (exact) mass is 280 g/mol. The van der Waals surface area contributed by atoms with Crippen LogP contribution in [0.25, 0.3) is 0 Å². The third kappa shape index (κ3) is 6.17. The van der Waals surface area contributed by atoms with Crippen LogP contribution < -0.4 is 16.0 Å². The lowest BCUT2D eigenvalue weighted by atomic mass is 10.2. The van der Waals surface area contributed by atoms with Crippen molar-refractivity contribution >= 4 is 11.9 Å². The van der Waals surface area contributed by atoms with Crippen LogP contribution in [0.2, 0.25) is 0 Å². The Balaban J connectivity index is 2.53. The predicted molar refractivity (Wildman–Crippen MR) is 77.9 cm³/mol. The van der Waals surface area contributed by atoms with Gasteiger partial charge in [-0.2, -0.15) is 0 Å². The Kier molecular flexibility index (Phi) is 7.10. The van der Waals surface area contributed by atoms with E-state index in [1.807, 2.05) is 13.8 Å². The minimum absolute atomic E-state index is 0.0834. The third-order valence-electron chi connectivity index (χ3n) is 2.47. The maximum atomic E-state index is 12.8. The first-order chi connectivity index (χ1) is 9.65. The summed E-state index contributed by atoms with van der Waals surface area (Å²) in [7, 11) is 0. The van der Waals surface area contributed by atoms with Crippen molar-refractivity contribution in [1.82, 2.24) is 16.0 Å². The van der Waals surface area contributed by atoms with Gasteiger partial charge in [0.05, 0.1) is 13.1 Å². The van der Waals surface area contributed by atoms with E-state index in [4.69, 9.17) is 0 Å². The minimum atomic E-state index is -0.265. The second-order valence-corrected chi connectivity index (χ2v) is 4.13. The van der Waals surface area contributed by atoms with Gasteiger partial charge in [-0.05, 0) is 31.5 Å². The summed E-state index contributed by atoms with van der Waals surface area (Å²) in [6, 6.07) is 6.18. The summed E-state index contributed by atoms with van der Waals surface area (Å²) >= 11 is 0. The predicted octanol–water partition coefficient (Wildman–Crippen LogP) is 1.02. The van der Waals surface area contributed by atoms with Crippen LogP contribution in [-0.2, 0) is 11.3 Å². The average Bonchev–Trinajstić information content (AvgIpc) is 2.44. The molecule has 110 valence electrons. The first-order valence-electron chi connectivity index (χ1n) is 6.69. The zero-order valence-corrected chi connectivity index (χ0v) is 11.9. The second-order valence-electron chi connectivity index (χ2n) is 4.13. The summed E-state index contributed by atoms with van der Waals surface area (Å²) in [4.78, 5) is 15.7. The number of aliphatic imine (C=N–C) groups is 1. The number of carbonyl (C=O) groups excluding carboxylic acids is 1. The molecular formula is C14H21FN4O. The van der Waals surface area contributed by atoms with Gasteiger partial charge >= 0.3 is 0 Å². The number of guanidine groups is 1. The summed E-state index contributed by atoms with van der Waals surface area (Å²) in [5.41, 5.74) is 0.904.